The molecule has 2 rings (SSSR count). The zero-order valence-electron chi connectivity index (χ0n) is 12.2. The summed E-state index contributed by atoms with van der Waals surface area (Å²) in [5.41, 5.74) is 6.80. The van der Waals surface area contributed by atoms with Crippen molar-refractivity contribution in [2.45, 2.75) is 19.6 Å². The smallest absolute Gasteiger partial charge is 0.351 e. The standard InChI is InChI=1S/C15H20NO4P/c1-3-19-21(18,20-4-2)15(16)13-9-10-14(17)12-8-6-5-7-11(12)13/h5-10,15,17H,3-4,16H2,1-2H3/t15-/m1/s1. The monoisotopic (exact) mass is 309 g/mol. The number of fused-ring (bicyclic) bond motifs is 1. The first-order valence-electron chi connectivity index (χ1n) is 6.88. The van der Waals surface area contributed by atoms with Gasteiger partial charge >= 0.3 is 7.60 Å². The minimum Gasteiger partial charge on any atom is -0.507 e. The number of phenolic OH excluding ortho intramolecular Hbond substituents is 1. The fourth-order valence-electron chi connectivity index (χ4n) is 2.29. The summed E-state index contributed by atoms with van der Waals surface area (Å²) in [6.45, 7) is 3.99. The van der Waals surface area contributed by atoms with E-state index in [1.54, 1.807) is 32.0 Å². The molecule has 6 heteroatoms. The molecule has 21 heavy (non-hydrogen) atoms. The third kappa shape index (κ3) is 3.11. The van der Waals surface area contributed by atoms with E-state index in [1.807, 2.05) is 18.2 Å². The Balaban J connectivity index is 2.55. The van der Waals surface area contributed by atoms with Crippen LogP contribution in [0.4, 0.5) is 0 Å². The number of nitrogens with two attached hydrogens (primary N) is 1. The second kappa shape index (κ2) is 6.58. The molecule has 0 amide bonds. The van der Waals surface area contributed by atoms with Gasteiger partial charge in [-0.25, -0.2) is 0 Å². The summed E-state index contributed by atoms with van der Waals surface area (Å²) in [6.07, 6.45) is 0. The largest absolute Gasteiger partial charge is 0.507 e. The van der Waals surface area contributed by atoms with Crippen LogP contribution in [0.1, 0.15) is 25.2 Å². The highest BCUT2D eigenvalue weighted by Gasteiger charge is 2.34. The molecule has 0 saturated heterocycles. The molecule has 1 atom stereocenters. The number of phenols is 1. The molecular formula is C15H20NO4P. The predicted molar refractivity (Wildman–Crippen MR) is 83.4 cm³/mol. The molecular weight excluding hydrogens is 289 g/mol. The van der Waals surface area contributed by atoms with Gasteiger partial charge in [-0.1, -0.05) is 30.3 Å². The SMILES string of the molecule is CCOP(=O)(OCC)[C@@H](N)c1ccc(O)c2ccccc12. The van der Waals surface area contributed by atoms with Gasteiger partial charge in [0, 0.05) is 5.39 Å². The molecule has 2 aromatic carbocycles. The first-order chi connectivity index (χ1) is 10.0. The van der Waals surface area contributed by atoms with Crippen molar-refractivity contribution in [1.29, 1.82) is 0 Å². The number of hydrogen-bond acceptors (Lipinski definition) is 5. The quantitative estimate of drug-likeness (QED) is 0.794. The zero-order chi connectivity index (χ0) is 15.5. The van der Waals surface area contributed by atoms with E-state index in [1.165, 1.54) is 0 Å². The molecule has 114 valence electrons. The van der Waals surface area contributed by atoms with E-state index in [2.05, 4.69) is 0 Å². The second-order valence-electron chi connectivity index (χ2n) is 4.54. The maximum absolute atomic E-state index is 12.8. The summed E-state index contributed by atoms with van der Waals surface area (Å²) in [5.74, 6) is -0.743. The van der Waals surface area contributed by atoms with E-state index in [9.17, 15) is 9.67 Å². The highest BCUT2D eigenvalue weighted by Crippen LogP contribution is 2.59. The minimum atomic E-state index is -3.46. The van der Waals surface area contributed by atoms with Gasteiger partial charge in [-0.05, 0) is 30.9 Å². The van der Waals surface area contributed by atoms with Crippen molar-refractivity contribution in [3.63, 3.8) is 0 Å². The first-order valence-corrected chi connectivity index (χ1v) is 8.49. The van der Waals surface area contributed by atoms with E-state index in [0.29, 0.717) is 10.9 Å². The lowest BCUT2D eigenvalue weighted by atomic mass is 10.0. The highest BCUT2D eigenvalue weighted by atomic mass is 31.2. The van der Waals surface area contributed by atoms with Gasteiger partial charge in [0.2, 0.25) is 0 Å². The van der Waals surface area contributed by atoms with E-state index in [0.717, 1.165) is 5.39 Å². The molecule has 0 aliphatic rings. The van der Waals surface area contributed by atoms with Crippen molar-refractivity contribution in [2.24, 2.45) is 5.73 Å². The van der Waals surface area contributed by atoms with Gasteiger partial charge in [0.05, 0.1) is 13.2 Å². The molecule has 0 radical (unpaired) electrons. The van der Waals surface area contributed by atoms with E-state index in [-0.39, 0.29) is 19.0 Å². The minimum absolute atomic E-state index is 0.157. The number of benzene rings is 2. The van der Waals surface area contributed by atoms with Crippen LogP contribution in [0.15, 0.2) is 36.4 Å². The Bertz CT molecular complexity index is 664. The number of hydrogen-bond donors (Lipinski definition) is 2. The Morgan fingerprint density at radius 3 is 2.24 bits per heavy atom. The molecule has 0 fully saturated rings. The molecule has 5 nitrogen and oxygen atoms in total. The van der Waals surface area contributed by atoms with Crippen LogP contribution in [0.25, 0.3) is 10.8 Å². The van der Waals surface area contributed by atoms with Crippen molar-refractivity contribution in [1.82, 2.24) is 0 Å². The molecule has 0 aliphatic carbocycles. The summed E-state index contributed by atoms with van der Waals surface area (Å²) in [6, 6.07) is 10.5. The molecule has 2 aromatic rings. The molecule has 0 unspecified atom stereocenters. The Hall–Kier alpha value is -1.39. The molecule has 0 bridgehead atoms. The van der Waals surface area contributed by atoms with E-state index in [4.69, 9.17) is 14.8 Å². The van der Waals surface area contributed by atoms with Crippen molar-refractivity contribution >= 4 is 18.4 Å². The molecule has 0 spiro atoms. The van der Waals surface area contributed by atoms with Gasteiger partial charge in [-0.3, -0.25) is 4.57 Å². The average Bonchev–Trinajstić information content (AvgIpc) is 2.48. The van der Waals surface area contributed by atoms with Gasteiger partial charge in [0.1, 0.15) is 11.5 Å². The van der Waals surface area contributed by atoms with Crippen LogP contribution in [0.3, 0.4) is 0 Å². The lowest BCUT2D eigenvalue weighted by molar-refractivity contribution is 0.212. The van der Waals surface area contributed by atoms with Gasteiger partial charge in [-0.15, -0.1) is 0 Å². The third-order valence-corrected chi connectivity index (χ3v) is 5.41. The Kier molecular flexibility index (Phi) is 5.01. The van der Waals surface area contributed by atoms with Crippen molar-refractivity contribution in [3.8, 4) is 5.75 Å². The van der Waals surface area contributed by atoms with Crippen LogP contribution in [-0.4, -0.2) is 18.3 Å². The molecule has 0 saturated carbocycles. The van der Waals surface area contributed by atoms with Gasteiger partial charge < -0.3 is 19.9 Å². The zero-order valence-corrected chi connectivity index (χ0v) is 13.0. The van der Waals surface area contributed by atoms with Crippen LogP contribution in [0.5, 0.6) is 5.75 Å². The maximum Gasteiger partial charge on any atom is 0.351 e. The van der Waals surface area contributed by atoms with Crippen LogP contribution in [0.2, 0.25) is 0 Å². The molecule has 3 N–H and O–H groups in total. The normalized spacial score (nSPS) is 13.5. The van der Waals surface area contributed by atoms with Crippen LogP contribution >= 0.6 is 7.60 Å². The number of rotatable bonds is 6. The molecule has 0 aliphatic heterocycles. The van der Waals surface area contributed by atoms with E-state index >= 15 is 0 Å². The summed E-state index contributed by atoms with van der Waals surface area (Å²) >= 11 is 0. The lowest BCUT2D eigenvalue weighted by Gasteiger charge is -2.24. The summed E-state index contributed by atoms with van der Waals surface area (Å²) in [5, 5.41) is 11.3. The molecule has 0 aromatic heterocycles. The van der Waals surface area contributed by atoms with Gasteiger partial charge in [0.15, 0.2) is 0 Å². The fourth-order valence-corrected chi connectivity index (χ4v) is 3.97. The lowest BCUT2D eigenvalue weighted by Crippen LogP contribution is -2.15. The van der Waals surface area contributed by atoms with Crippen LogP contribution in [-0.2, 0) is 13.6 Å². The van der Waals surface area contributed by atoms with Crippen LogP contribution in [0, 0.1) is 0 Å². The fraction of sp³-hybridized carbons (Fsp3) is 0.333. The second-order valence-corrected chi connectivity index (χ2v) is 6.69. The van der Waals surface area contributed by atoms with Crippen molar-refractivity contribution in [3.05, 3.63) is 42.0 Å². The summed E-state index contributed by atoms with van der Waals surface area (Å²) in [7, 11) is -3.46. The van der Waals surface area contributed by atoms with E-state index < -0.39 is 13.4 Å². The topological polar surface area (TPSA) is 81.8 Å². The van der Waals surface area contributed by atoms with Crippen molar-refractivity contribution in [2.75, 3.05) is 13.2 Å². The highest BCUT2D eigenvalue weighted by molar-refractivity contribution is 7.54. The number of aromatic hydroxyl groups is 1. The van der Waals surface area contributed by atoms with Crippen LogP contribution < -0.4 is 5.73 Å². The third-order valence-electron chi connectivity index (χ3n) is 3.21. The Morgan fingerprint density at radius 2 is 1.67 bits per heavy atom. The van der Waals surface area contributed by atoms with Crippen molar-refractivity contribution < 1.29 is 18.7 Å². The Morgan fingerprint density at radius 1 is 1.10 bits per heavy atom. The first kappa shape index (κ1) is 16.0. The predicted octanol–water partition coefficient (Wildman–Crippen LogP) is 3.77. The maximum atomic E-state index is 12.8. The van der Waals surface area contributed by atoms with Gasteiger partial charge in [-0.2, -0.15) is 0 Å². The average molecular weight is 309 g/mol. The summed E-state index contributed by atoms with van der Waals surface area (Å²) < 4.78 is 23.4. The summed E-state index contributed by atoms with van der Waals surface area (Å²) in [4.78, 5) is 0. The Labute approximate surface area is 124 Å². The molecule has 0 heterocycles. The van der Waals surface area contributed by atoms with Gasteiger partial charge in [0.25, 0.3) is 0 Å².